The number of benzene rings is 1. The third-order valence-electron chi connectivity index (χ3n) is 3.27. The van der Waals surface area contributed by atoms with Gasteiger partial charge in [-0.25, -0.2) is 0 Å². The summed E-state index contributed by atoms with van der Waals surface area (Å²) in [5.41, 5.74) is 2.94. The largest absolute Gasteiger partial charge is 0.367 e. The van der Waals surface area contributed by atoms with Gasteiger partial charge in [0.2, 0.25) is 0 Å². The van der Waals surface area contributed by atoms with Crippen LogP contribution in [0.4, 0.5) is 5.69 Å². The van der Waals surface area contributed by atoms with E-state index in [1.807, 2.05) is 7.05 Å². The fourth-order valence-corrected chi connectivity index (χ4v) is 2.33. The first-order valence-electron chi connectivity index (χ1n) is 5.82. The Morgan fingerprint density at radius 2 is 2.20 bits per heavy atom. The molecule has 2 nitrogen and oxygen atoms in total. The molecule has 0 saturated heterocycles. The highest BCUT2D eigenvalue weighted by Crippen LogP contribution is 2.29. The minimum atomic E-state index is 0.674. The molecule has 1 aliphatic heterocycles. The molecule has 0 radical (unpaired) electrons. The summed E-state index contributed by atoms with van der Waals surface area (Å²) < 4.78 is 0. The van der Waals surface area contributed by atoms with E-state index in [2.05, 4.69) is 41.4 Å². The van der Waals surface area contributed by atoms with Crippen LogP contribution in [-0.4, -0.2) is 26.2 Å². The molecule has 1 aliphatic rings. The van der Waals surface area contributed by atoms with Gasteiger partial charge in [-0.2, -0.15) is 0 Å². The lowest BCUT2D eigenvalue weighted by Crippen LogP contribution is -2.41. The Labute approximate surface area is 92.3 Å². The molecule has 1 heterocycles. The summed E-state index contributed by atoms with van der Waals surface area (Å²) in [6, 6.07) is 9.47. The molecule has 1 atom stereocenters. The van der Waals surface area contributed by atoms with E-state index in [4.69, 9.17) is 0 Å². The minimum Gasteiger partial charge on any atom is -0.367 e. The van der Waals surface area contributed by atoms with Crippen molar-refractivity contribution in [2.24, 2.45) is 0 Å². The van der Waals surface area contributed by atoms with E-state index in [-0.39, 0.29) is 0 Å². The van der Waals surface area contributed by atoms with Crippen LogP contribution in [0.25, 0.3) is 0 Å². The predicted octanol–water partition coefficient (Wildman–Crippen LogP) is 2.05. The Morgan fingerprint density at radius 3 is 3.00 bits per heavy atom. The Bertz CT molecular complexity index is 322. The number of fused-ring (bicyclic) bond motifs is 1. The molecule has 2 heteroatoms. The van der Waals surface area contributed by atoms with E-state index in [1.54, 1.807) is 0 Å². The van der Waals surface area contributed by atoms with Crippen LogP contribution in [0.3, 0.4) is 0 Å². The summed E-state index contributed by atoms with van der Waals surface area (Å²) in [5, 5.41) is 3.22. The number of anilines is 1. The quantitative estimate of drug-likeness (QED) is 0.810. The van der Waals surface area contributed by atoms with E-state index < -0.39 is 0 Å². The van der Waals surface area contributed by atoms with E-state index in [0.717, 1.165) is 13.1 Å². The van der Waals surface area contributed by atoms with Crippen LogP contribution in [0.2, 0.25) is 0 Å². The van der Waals surface area contributed by atoms with Crippen molar-refractivity contribution >= 4 is 5.69 Å². The molecule has 2 rings (SSSR count). The van der Waals surface area contributed by atoms with Crippen LogP contribution >= 0.6 is 0 Å². The van der Waals surface area contributed by atoms with Crippen molar-refractivity contribution in [2.75, 3.05) is 25.0 Å². The van der Waals surface area contributed by atoms with Gasteiger partial charge in [-0.1, -0.05) is 18.2 Å². The average Bonchev–Trinajstić information content (AvgIpc) is 2.28. The lowest BCUT2D eigenvalue weighted by molar-refractivity contribution is 0.554. The molecule has 0 fully saturated rings. The molecule has 1 aromatic rings. The second-order valence-corrected chi connectivity index (χ2v) is 4.31. The van der Waals surface area contributed by atoms with Crippen LogP contribution in [0.15, 0.2) is 24.3 Å². The Balaban J connectivity index is 2.21. The summed E-state index contributed by atoms with van der Waals surface area (Å²) in [4.78, 5) is 2.52. The second kappa shape index (κ2) is 4.67. The van der Waals surface area contributed by atoms with Gasteiger partial charge in [0, 0.05) is 24.8 Å². The molecule has 0 spiro atoms. The molecule has 82 valence electrons. The van der Waals surface area contributed by atoms with Crippen LogP contribution in [-0.2, 0) is 6.42 Å². The first kappa shape index (κ1) is 10.5. The van der Waals surface area contributed by atoms with Gasteiger partial charge in [0.1, 0.15) is 0 Å². The number of likely N-dealkylation sites (N-methyl/N-ethyl adjacent to an activating group) is 1. The first-order chi connectivity index (χ1) is 7.33. The number of hydrogen-bond donors (Lipinski definition) is 1. The zero-order valence-corrected chi connectivity index (χ0v) is 9.66. The first-order valence-corrected chi connectivity index (χ1v) is 5.82. The van der Waals surface area contributed by atoms with Gasteiger partial charge in [-0.15, -0.1) is 0 Å². The maximum Gasteiger partial charge on any atom is 0.0401 e. The second-order valence-electron chi connectivity index (χ2n) is 4.31. The monoisotopic (exact) mass is 204 g/mol. The van der Waals surface area contributed by atoms with Crippen LogP contribution in [0.1, 0.15) is 18.9 Å². The predicted molar refractivity (Wildman–Crippen MR) is 65.5 cm³/mol. The maximum absolute atomic E-state index is 3.22. The Morgan fingerprint density at radius 1 is 1.40 bits per heavy atom. The van der Waals surface area contributed by atoms with Crippen molar-refractivity contribution in [1.82, 2.24) is 5.32 Å². The highest BCUT2D eigenvalue weighted by atomic mass is 15.2. The molecule has 0 aromatic heterocycles. The summed E-state index contributed by atoms with van der Waals surface area (Å²) in [6.07, 6.45) is 2.51. The normalized spacial score (nSPS) is 20.1. The number of nitrogens with one attached hydrogen (secondary N) is 1. The maximum atomic E-state index is 3.22. The third kappa shape index (κ3) is 2.15. The molecule has 15 heavy (non-hydrogen) atoms. The molecule has 0 aliphatic carbocycles. The molecule has 0 bridgehead atoms. The highest BCUT2D eigenvalue weighted by Gasteiger charge is 2.21. The molecule has 0 amide bonds. The molecule has 1 unspecified atom stereocenters. The lowest BCUT2D eigenvalue weighted by atomic mass is 9.97. The fourth-order valence-electron chi connectivity index (χ4n) is 2.33. The van der Waals surface area contributed by atoms with Crippen molar-refractivity contribution < 1.29 is 0 Å². The number of rotatable bonds is 3. The van der Waals surface area contributed by atoms with Crippen molar-refractivity contribution in [2.45, 2.75) is 25.8 Å². The zero-order valence-electron chi connectivity index (χ0n) is 9.66. The fraction of sp³-hybridized carbons (Fsp3) is 0.538. The van der Waals surface area contributed by atoms with Gasteiger partial charge in [-0.3, -0.25) is 0 Å². The molecular formula is C13H20N2. The van der Waals surface area contributed by atoms with Gasteiger partial charge in [-0.05, 0) is 38.4 Å². The molecule has 1 aromatic carbocycles. The van der Waals surface area contributed by atoms with Crippen LogP contribution in [0.5, 0.6) is 0 Å². The van der Waals surface area contributed by atoms with Crippen molar-refractivity contribution in [3.8, 4) is 0 Å². The minimum absolute atomic E-state index is 0.674. The van der Waals surface area contributed by atoms with Gasteiger partial charge >= 0.3 is 0 Å². The van der Waals surface area contributed by atoms with Crippen LogP contribution in [0, 0.1) is 0 Å². The van der Waals surface area contributed by atoms with Gasteiger partial charge < -0.3 is 10.2 Å². The van der Waals surface area contributed by atoms with Gasteiger partial charge in [0.25, 0.3) is 0 Å². The molecular weight excluding hydrogens is 184 g/mol. The average molecular weight is 204 g/mol. The molecule has 1 N–H and O–H groups in total. The lowest BCUT2D eigenvalue weighted by Gasteiger charge is -2.37. The zero-order chi connectivity index (χ0) is 10.7. The topological polar surface area (TPSA) is 15.3 Å². The van der Waals surface area contributed by atoms with E-state index in [1.165, 1.54) is 24.1 Å². The van der Waals surface area contributed by atoms with E-state index in [9.17, 15) is 0 Å². The summed E-state index contributed by atoms with van der Waals surface area (Å²) in [5.74, 6) is 0. The third-order valence-corrected chi connectivity index (χ3v) is 3.27. The molecule has 0 saturated carbocycles. The van der Waals surface area contributed by atoms with Gasteiger partial charge in [0.05, 0.1) is 0 Å². The standard InChI is InChI=1S/C13H20N2/c1-11-7-8-12-5-3-4-6-13(12)15(11)10-9-14-2/h3-6,11,14H,7-10H2,1-2H3. The number of nitrogens with zero attached hydrogens (tertiary/aromatic N) is 1. The Kier molecular flexibility index (Phi) is 3.27. The Hall–Kier alpha value is -1.02. The van der Waals surface area contributed by atoms with E-state index in [0.29, 0.717) is 6.04 Å². The number of aryl methyl sites for hydroxylation is 1. The number of para-hydroxylation sites is 1. The van der Waals surface area contributed by atoms with Crippen molar-refractivity contribution in [1.29, 1.82) is 0 Å². The summed E-state index contributed by atoms with van der Waals surface area (Å²) in [6.45, 7) is 4.49. The van der Waals surface area contributed by atoms with Crippen LogP contribution < -0.4 is 10.2 Å². The van der Waals surface area contributed by atoms with Crippen molar-refractivity contribution in [3.63, 3.8) is 0 Å². The smallest absolute Gasteiger partial charge is 0.0401 e. The summed E-state index contributed by atoms with van der Waals surface area (Å²) >= 11 is 0. The SMILES string of the molecule is CNCCN1c2ccccc2CCC1C. The van der Waals surface area contributed by atoms with Gasteiger partial charge in [0.15, 0.2) is 0 Å². The summed E-state index contributed by atoms with van der Waals surface area (Å²) in [7, 11) is 2.01. The highest BCUT2D eigenvalue weighted by molar-refractivity contribution is 5.56. The van der Waals surface area contributed by atoms with Crippen molar-refractivity contribution in [3.05, 3.63) is 29.8 Å². The number of hydrogen-bond acceptors (Lipinski definition) is 2. The van der Waals surface area contributed by atoms with E-state index >= 15 is 0 Å².